The van der Waals surface area contributed by atoms with Crippen LogP contribution in [0.1, 0.15) is 40.0 Å². The van der Waals surface area contributed by atoms with Crippen molar-refractivity contribution in [2.75, 3.05) is 13.1 Å². The van der Waals surface area contributed by atoms with Gasteiger partial charge in [-0.1, -0.05) is 0 Å². The van der Waals surface area contributed by atoms with E-state index in [9.17, 15) is 9.59 Å². The van der Waals surface area contributed by atoms with Gasteiger partial charge in [-0.2, -0.15) is 0 Å². The summed E-state index contributed by atoms with van der Waals surface area (Å²) in [5.41, 5.74) is 10.3. The molecular weight excluding hydrogens is 234 g/mol. The number of hydrogen-bond acceptors (Lipinski definition) is 5. The summed E-state index contributed by atoms with van der Waals surface area (Å²) in [6, 6.07) is -0.602. The Labute approximate surface area is 108 Å². The molecule has 18 heavy (non-hydrogen) atoms. The highest BCUT2D eigenvalue weighted by molar-refractivity contribution is 5.77. The fourth-order valence-electron chi connectivity index (χ4n) is 1.28. The summed E-state index contributed by atoms with van der Waals surface area (Å²) < 4.78 is 5.16. The van der Waals surface area contributed by atoms with Crippen LogP contribution < -0.4 is 16.8 Å². The number of ether oxygens (including phenoxy) is 1. The van der Waals surface area contributed by atoms with Crippen LogP contribution in [0.5, 0.6) is 0 Å². The molecular formula is C12H25N3O3. The van der Waals surface area contributed by atoms with Crippen LogP contribution in [0.2, 0.25) is 0 Å². The molecule has 0 unspecified atom stereocenters. The van der Waals surface area contributed by atoms with Crippen LogP contribution in [0, 0.1) is 0 Å². The van der Waals surface area contributed by atoms with Crippen LogP contribution >= 0.6 is 0 Å². The van der Waals surface area contributed by atoms with Crippen molar-refractivity contribution < 1.29 is 14.3 Å². The maximum Gasteiger partial charge on any atom is 0.323 e. The number of unbranched alkanes of at least 4 members (excludes halogenated alkanes) is 1. The Hall–Kier alpha value is -1.14. The number of carbonyl (C=O) groups is 2. The van der Waals surface area contributed by atoms with Gasteiger partial charge in [0.1, 0.15) is 11.6 Å². The van der Waals surface area contributed by atoms with E-state index in [2.05, 4.69) is 5.32 Å². The van der Waals surface area contributed by atoms with E-state index >= 15 is 0 Å². The van der Waals surface area contributed by atoms with Gasteiger partial charge in [-0.3, -0.25) is 9.59 Å². The molecule has 106 valence electrons. The van der Waals surface area contributed by atoms with Crippen molar-refractivity contribution in [1.82, 2.24) is 5.32 Å². The summed E-state index contributed by atoms with van der Waals surface area (Å²) >= 11 is 0. The van der Waals surface area contributed by atoms with Crippen molar-refractivity contribution in [3.63, 3.8) is 0 Å². The van der Waals surface area contributed by atoms with E-state index in [0.29, 0.717) is 13.0 Å². The number of hydrogen-bond donors (Lipinski definition) is 3. The van der Waals surface area contributed by atoms with Gasteiger partial charge in [-0.15, -0.1) is 0 Å². The minimum atomic E-state index is -0.602. The number of esters is 1. The van der Waals surface area contributed by atoms with E-state index in [1.54, 1.807) is 20.8 Å². The summed E-state index contributed by atoms with van der Waals surface area (Å²) in [6.07, 6.45) is 2.07. The molecule has 6 nitrogen and oxygen atoms in total. The molecule has 0 bridgehead atoms. The lowest BCUT2D eigenvalue weighted by Gasteiger charge is -2.22. The van der Waals surface area contributed by atoms with Gasteiger partial charge in [-0.05, 0) is 40.0 Å². The molecule has 0 fully saturated rings. The molecule has 0 aromatic carbocycles. The second-order valence-electron chi connectivity index (χ2n) is 5.19. The van der Waals surface area contributed by atoms with E-state index in [1.165, 1.54) is 0 Å². The first-order valence-corrected chi connectivity index (χ1v) is 6.21. The molecule has 0 aromatic heterocycles. The SMILES string of the molecule is CC(C)(C)OC(=O)[C@@H](N)CCCCNC(=O)CN. The van der Waals surface area contributed by atoms with Crippen molar-refractivity contribution in [3.05, 3.63) is 0 Å². The molecule has 0 radical (unpaired) electrons. The first-order chi connectivity index (χ1) is 8.26. The van der Waals surface area contributed by atoms with Crippen molar-refractivity contribution >= 4 is 11.9 Å². The molecule has 5 N–H and O–H groups in total. The van der Waals surface area contributed by atoms with E-state index in [-0.39, 0.29) is 18.4 Å². The third-order valence-corrected chi connectivity index (χ3v) is 2.16. The smallest absolute Gasteiger partial charge is 0.323 e. The molecule has 1 amide bonds. The van der Waals surface area contributed by atoms with Crippen LogP contribution in [-0.2, 0) is 14.3 Å². The number of amides is 1. The monoisotopic (exact) mass is 259 g/mol. The fraction of sp³-hybridized carbons (Fsp3) is 0.833. The number of nitrogens with two attached hydrogens (primary N) is 2. The molecule has 0 spiro atoms. The number of nitrogens with one attached hydrogen (secondary N) is 1. The molecule has 0 aliphatic rings. The average molecular weight is 259 g/mol. The Bertz CT molecular complexity index is 274. The summed E-state index contributed by atoms with van der Waals surface area (Å²) in [7, 11) is 0. The Balaban J connectivity index is 3.67. The highest BCUT2D eigenvalue weighted by atomic mass is 16.6. The van der Waals surface area contributed by atoms with Gasteiger partial charge in [-0.25, -0.2) is 0 Å². The second-order valence-corrected chi connectivity index (χ2v) is 5.19. The lowest BCUT2D eigenvalue weighted by atomic mass is 10.1. The van der Waals surface area contributed by atoms with Gasteiger partial charge in [0.25, 0.3) is 0 Å². The zero-order valence-corrected chi connectivity index (χ0v) is 11.5. The largest absolute Gasteiger partial charge is 0.459 e. The normalized spacial score (nSPS) is 12.9. The second kappa shape index (κ2) is 8.05. The first kappa shape index (κ1) is 16.9. The van der Waals surface area contributed by atoms with Crippen LogP contribution in [0.3, 0.4) is 0 Å². The number of rotatable bonds is 7. The highest BCUT2D eigenvalue weighted by Crippen LogP contribution is 2.10. The molecule has 0 aromatic rings. The van der Waals surface area contributed by atoms with Crippen molar-refractivity contribution in [1.29, 1.82) is 0 Å². The molecule has 0 saturated carbocycles. The van der Waals surface area contributed by atoms with Gasteiger partial charge in [0.15, 0.2) is 0 Å². The van der Waals surface area contributed by atoms with Crippen molar-refractivity contribution in [2.45, 2.75) is 51.7 Å². The minimum Gasteiger partial charge on any atom is -0.459 e. The zero-order valence-electron chi connectivity index (χ0n) is 11.5. The third kappa shape index (κ3) is 8.95. The third-order valence-electron chi connectivity index (χ3n) is 2.16. The Kier molecular flexibility index (Phi) is 7.54. The molecule has 0 aliphatic carbocycles. The van der Waals surface area contributed by atoms with Crippen LogP contribution in [0.25, 0.3) is 0 Å². The fourth-order valence-corrected chi connectivity index (χ4v) is 1.28. The first-order valence-electron chi connectivity index (χ1n) is 6.21. The van der Waals surface area contributed by atoms with Gasteiger partial charge in [0, 0.05) is 6.54 Å². The summed E-state index contributed by atoms with van der Waals surface area (Å²) in [4.78, 5) is 22.4. The van der Waals surface area contributed by atoms with Crippen molar-refractivity contribution in [2.24, 2.45) is 11.5 Å². The predicted molar refractivity (Wildman–Crippen MR) is 69.7 cm³/mol. The van der Waals surface area contributed by atoms with Gasteiger partial charge >= 0.3 is 5.97 Å². The molecule has 0 rings (SSSR count). The van der Waals surface area contributed by atoms with Gasteiger partial charge < -0.3 is 21.5 Å². The van der Waals surface area contributed by atoms with E-state index < -0.39 is 11.6 Å². The predicted octanol–water partition coefficient (Wildman–Crippen LogP) is -0.0994. The van der Waals surface area contributed by atoms with E-state index in [1.807, 2.05) is 0 Å². The molecule has 1 atom stereocenters. The lowest BCUT2D eigenvalue weighted by molar-refractivity contribution is -0.156. The molecule has 0 aliphatic heterocycles. The lowest BCUT2D eigenvalue weighted by Crippen LogP contribution is -2.37. The minimum absolute atomic E-state index is 0.00256. The summed E-state index contributed by atoms with van der Waals surface area (Å²) in [5, 5.41) is 2.65. The molecule has 0 saturated heterocycles. The Morgan fingerprint density at radius 2 is 1.89 bits per heavy atom. The quantitative estimate of drug-likeness (QED) is 0.437. The Morgan fingerprint density at radius 1 is 1.28 bits per heavy atom. The molecule has 6 heteroatoms. The van der Waals surface area contributed by atoms with Crippen LogP contribution in [0.4, 0.5) is 0 Å². The topological polar surface area (TPSA) is 107 Å². The zero-order chi connectivity index (χ0) is 14.2. The molecule has 0 heterocycles. The Morgan fingerprint density at radius 3 is 2.39 bits per heavy atom. The van der Waals surface area contributed by atoms with Gasteiger partial charge in [0.2, 0.25) is 5.91 Å². The van der Waals surface area contributed by atoms with Gasteiger partial charge in [0.05, 0.1) is 6.54 Å². The summed E-state index contributed by atoms with van der Waals surface area (Å²) in [5.74, 6) is -0.556. The van der Waals surface area contributed by atoms with E-state index in [0.717, 1.165) is 12.8 Å². The maximum absolute atomic E-state index is 11.5. The highest BCUT2D eigenvalue weighted by Gasteiger charge is 2.21. The van der Waals surface area contributed by atoms with Crippen LogP contribution in [0.15, 0.2) is 0 Å². The van der Waals surface area contributed by atoms with Crippen LogP contribution in [-0.4, -0.2) is 36.6 Å². The van der Waals surface area contributed by atoms with Crippen molar-refractivity contribution in [3.8, 4) is 0 Å². The standard InChI is InChI=1S/C12H25N3O3/c1-12(2,3)18-11(17)9(14)6-4-5-7-15-10(16)8-13/h9H,4-8,13-14H2,1-3H3,(H,15,16)/t9-/m0/s1. The number of carbonyl (C=O) groups excluding carboxylic acids is 2. The average Bonchev–Trinajstić information content (AvgIpc) is 2.25. The van der Waals surface area contributed by atoms with E-state index in [4.69, 9.17) is 16.2 Å². The maximum atomic E-state index is 11.5. The summed E-state index contributed by atoms with van der Waals surface area (Å²) in [6.45, 7) is 5.97.